The summed E-state index contributed by atoms with van der Waals surface area (Å²) in [6, 6.07) is 3.52. The summed E-state index contributed by atoms with van der Waals surface area (Å²) in [6.45, 7) is 0. The van der Waals surface area contributed by atoms with Crippen LogP contribution in [0.15, 0.2) is 12.1 Å². The largest absolute Gasteiger partial charge is 0.481 e. The number of carboxylic acids is 1. The van der Waals surface area contributed by atoms with Crippen LogP contribution in [0.5, 0.6) is 0 Å². The molecular formula is C13H16N4O2. The first-order valence-electron chi connectivity index (χ1n) is 6.44. The third kappa shape index (κ3) is 2.03. The molecule has 0 amide bonds. The lowest BCUT2D eigenvalue weighted by Gasteiger charge is -2.22. The molecule has 0 aliphatic heterocycles. The van der Waals surface area contributed by atoms with Crippen molar-refractivity contribution in [1.82, 2.24) is 15.0 Å². The molecule has 1 aliphatic carbocycles. The zero-order valence-electron chi connectivity index (χ0n) is 10.5. The first-order valence-corrected chi connectivity index (χ1v) is 6.44. The number of H-pyrrole nitrogens is 1. The fraction of sp³-hybridized carbons (Fsp3) is 0.462. The number of pyridine rings is 1. The van der Waals surface area contributed by atoms with Crippen LogP contribution < -0.4 is 5.73 Å². The van der Waals surface area contributed by atoms with Gasteiger partial charge in [-0.1, -0.05) is 12.8 Å². The molecule has 6 nitrogen and oxygen atoms in total. The summed E-state index contributed by atoms with van der Waals surface area (Å²) in [5.41, 5.74) is 6.29. The molecule has 2 aromatic heterocycles. The van der Waals surface area contributed by atoms with Gasteiger partial charge in [0.2, 0.25) is 0 Å². The summed E-state index contributed by atoms with van der Waals surface area (Å²) < 4.78 is 0. The number of nitrogens with zero attached hydrogens (tertiary/aromatic N) is 2. The Morgan fingerprint density at radius 2 is 2.11 bits per heavy atom. The van der Waals surface area contributed by atoms with E-state index in [9.17, 15) is 9.90 Å². The van der Waals surface area contributed by atoms with Crippen LogP contribution >= 0.6 is 0 Å². The Bertz CT molecular complexity index is 629. The fourth-order valence-electron chi connectivity index (χ4n) is 2.88. The van der Waals surface area contributed by atoms with Gasteiger partial charge in [-0.3, -0.25) is 4.79 Å². The number of aliphatic carboxylic acids is 1. The number of aromatic amines is 1. The van der Waals surface area contributed by atoms with Crippen molar-refractivity contribution in [2.24, 2.45) is 5.41 Å². The molecule has 3 rings (SSSR count). The molecule has 0 unspecified atom stereocenters. The molecule has 1 fully saturated rings. The Hall–Kier alpha value is -2.11. The van der Waals surface area contributed by atoms with Gasteiger partial charge in [-0.2, -0.15) is 0 Å². The molecule has 19 heavy (non-hydrogen) atoms. The number of hydrogen-bond acceptors (Lipinski definition) is 4. The molecule has 0 spiro atoms. The van der Waals surface area contributed by atoms with Crippen LogP contribution in [0.2, 0.25) is 0 Å². The van der Waals surface area contributed by atoms with Gasteiger partial charge in [-0.25, -0.2) is 9.97 Å². The van der Waals surface area contributed by atoms with Gasteiger partial charge in [0.1, 0.15) is 11.6 Å². The van der Waals surface area contributed by atoms with E-state index in [0.717, 1.165) is 31.2 Å². The van der Waals surface area contributed by atoms with E-state index in [2.05, 4.69) is 15.0 Å². The third-order valence-corrected chi connectivity index (χ3v) is 3.94. The van der Waals surface area contributed by atoms with Gasteiger partial charge in [-0.05, 0) is 25.0 Å². The molecule has 0 radical (unpaired) electrons. The molecule has 100 valence electrons. The summed E-state index contributed by atoms with van der Waals surface area (Å²) in [4.78, 5) is 23.1. The minimum atomic E-state index is -0.724. The molecule has 0 aromatic carbocycles. The lowest BCUT2D eigenvalue weighted by molar-refractivity contribution is -0.148. The lowest BCUT2D eigenvalue weighted by Crippen LogP contribution is -2.30. The Kier molecular flexibility index (Phi) is 2.66. The Morgan fingerprint density at radius 3 is 2.79 bits per heavy atom. The molecule has 2 aromatic rings. The van der Waals surface area contributed by atoms with Crippen molar-refractivity contribution in [1.29, 1.82) is 0 Å². The highest BCUT2D eigenvalue weighted by Crippen LogP contribution is 2.40. The highest BCUT2D eigenvalue weighted by molar-refractivity contribution is 5.76. The second-order valence-corrected chi connectivity index (χ2v) is 5.26. The molecule has 0 saturated heterocycles. The Labute approximate surface area is 110 Å². The van der Waals surface area contributed by atoms with Crippen LogP contribution in [0.1, 0.15) is 31.5 Å². The summed E-state index contributed by atoms with van der Waals surface area (Å²) in [6.07, 6.45) is 3.80. The van der Waals surface area contributed by atoms with Gasteiger partial charge in [0.25, 0.3) is 0 Å². The Balaban J connectivity index is 1.94. The molecule has 6 heteroatoms. The van der Waals surface area contributed by atoms with E-state index in [0.29, 0.717) is 23.7 Å². The maximum Gasteiger partial charge on any atom is 0.310 e. The van der Waals surface area contributed by atoms with Crippen molar-refractivity contribution in [2.45, 2.75) is 32.1 Å². The molecule has 1 aliphatic rings. The number of fused-ring (bicyclic) bond motifs is 1. The Morgan fingerprint density at radius 1 is 1.37 bits per heavy atom. The lowest BCUT2D eigenvalue weighted by atomic mass is 9.82. The number of nitrogens with two attached hydrogens (primary N) is 1. The second-order valence-electron chi connectivity index (χ2n) is 5.26. The van der Waals surface area contributed by atoms with Crippen molar-refractivity contribution in [3.63, 3.8) is 0 Å². The van der Waals surface area contributed by atoms with Crippen LogP contribution in [0.4, 0.5) is 5.82 Å². The maximum absolute atomic E-state index is 11.5. The average molecular weight is 260 g/mol. The second kappa shape index (κ2) is 4.22. The van der Waals surface area contributed by atoms with E-state index in [-0.39, 0.29) is 0 Å². The van der Waals surface area contributed by atoms with Crippen LogP contribution in [0.3, 0.4) is 0 Å². The van der Waals surface area contributed by atoms with Crippen molar-refractivity contribution >= 4 is 23.0 Å². The van der Waals surface area contributed by atoms with Crippen molar-refractivity contribution in [2.75, 3.05) is 5.73 Å². The van der Waals surface area contributed by atoms with E-state index in [1.807, 2.05) is 6.07 Å². The quantitative estimate of drug-likeness (QED) is 0.779. The summed E-state index contributed by atoms with van der Waals surface area (Å²) >= 11 is 0. The number of nitrogen functional groups attached to an aromatic ring is 1. The topological polar surface area (TPSA) is 105 Å². The van der Waals surface area contributed by atoms with Crippen LogP contribution in [-0.4, -0.2) is 26.0 Å². The maximum atomic E-state index is 11.5. The average Bonchev–Trinajstić information content (AvgIpc) is 2.96. The first kappa shape index (κ1) is 12.0. The predicted octanol–water partition coefficient (Wildman–Crippen LogP) is 1.73. The number of anilines is 1. The minimum Gasteiger partial charge on any atom is -0.481 e. The van der Waals surface area contributed by atoms with E-state index >= 15 is 0 Å². The van der Waals surface area contributed by atoms with Crippen LogP contribution in [0, 0.1) is 5.41 Å². The van der Waals surface area contributed by atoms with Crippen LogP contribution in [0.25, 0.3) is 11.2 Å². The normalized spacial score (nSPS) is 17.9. The molecule has 0 atom stereocenters. The fourth-order valence-corrected chi connectivity index (χ4v) is 2.88. The van der Waals surface area contributed by atoms with Gasteiger partial charge < -0.3 is 15.8 Å². The predicted molar refractivity (Wildman–Crippen MR) is 70.5 cm³/mol. The number of hydrogen-bond donors (Lipinski definition) is 3. The number of carboxylic acid groups (broad SMARTS) is 1. The minimum absolute atomic E-state index is 0.416. The molecular weight excluding hydrogens is 244 g/mol. The number of aromatic nitrogens is 3. The molecule has 2 heterocycles. The molecule has 4 N–H and O–H groups in total. The van der Waals surface area contributed by atoms with Crippen molar-refractivity contribution in [3.05, 3.63) is 18.0 Å². The standard InChI is InChI=1S/C13H16N4O2/c14-9-4-3-8-11(16-9)17-10(15-8)7-13(12(18)19)5-1-2-6-13/h3-4H,1-2,5-7H2,(H,18,19)(H3,14,15,16,17). The summed E-state index contributed by atoms with van der Waals surface area (Å²) in [5, 5.41) is 9.47. The van der Waals surface area contributed by atoms with Crippen LogP contribution in [-0.2, 0) is 11.2 Å². The van der Waals surface area contributed by atoms with Crippen molar-refractivity contribution < 1.29 is 9.90 Å². The van der Waals surface area contributed by atoms with Gasteiger partial charge >= 0.3 is 5.97 Å². The number of imidazole rings is 1. The van der Waals surface area contributed by atoms with Gasteiger partial charge in [0.15, 0.2) is 5.65 Å². The highest BCUT2D eigenvalue weighted by atomic mass is 16.4. The van der Waals surface area contributed by atoms with Crippen molar-refractivity contribution in [3.8, 4) is 0 Å². The van der Waals surface area contributed by atoms with E-state index in [4.69, 9.17) is 5.73 Å². The zero-order chi connectivity index (χ0) is 13.5. The van der Waals surface area contributed by atoms with E-state index in [1.54, 1.807) is 6.07 Å². The SMILES string of the molecule is Nc1ccc2[nH]c(CC3(C(=O)O)CCCC3)nc2n1. The van der Waals surface area contributed by atoms with Gasteiger partial charge in [-0.15, -0.1) is 0 Å². The smallest absolute Gasteiger partial charge is 0.310 e. The number of rotatable bonds is 3. The zero-order valence-corrected chi connectivity index (χ0v) is 10.5. The van der Waals surface area contributed by atoms with Gasteiger partial charge in [0, 0.05) is 6.42 Å². The monoisotopic (exact) mass is 260 g/mol. The van der Waals surface area contributed by atoms with E-state index < -0.39 is 11.4 Å². The molecule has 0 bridgehead atoms. The summed E-state index contributed by atoms with van der Waals surface area (Å²) in [5.74, 6) is 0.370. The number of nitrogens with one attached hydrogen (secondary N) is 1. The van der Waals surface area contributed by atoms with Gasteiger partial charge in [0.05, 0.1) is 10.9 Å². The first-order chi connectivity index (χ1) is 9.09. The number of carbonyl (C=O) groups is 1. The molecule has 1 saturated carbocycles. The summed E-state index contributed by atoms with van der Waals surface area (Å²) in [7, 11) is 0. The third-order valence-electron chi connectivity index (χ3n) is 3.94. The highest BCUT2D eigenvalue weighted by Gasteiger charge is 2.42. The van der Waals surface area contributed by atoms with E-state index in [1.165, 1.54) is 0 Å².